The number of para-hydroxylation sites is 1. The molecule has 0 spiro atoms. The van der Waals surface area contributed by atoms with Gasteiger partial charge in [-0.3, -0.25) is 9.59 Å². The molecule has 1 saturated heterocycles. The zero-order chi connectivity index (χ0) is 18.7. The highest BCUT2D eigenvalue weighted by Crippen LogP contribution is 2.26. The molecule has 2 aromatic rings. The number of fused-ring (bicyclic) bond motifs is 1. The van der Waals surface area contributed by atoms with Gasteiger partial charge in [-0.05, 0) is 26.0 Å². The van der Waals surface area contributed by atoms with Crippen molar-refractivity contribution in [2.24, 2.45) is 0 Å². The fourth-order valence-corrected chi connectivity index (χ4v) is 3.17. The van der Waals surface area contributed by atoms with Gasteiger partial charge in [0, 0.05) is 24.4 Å². The van der Waals surface area contributed by atoms with Gasteiger partial charge in [0.05, 0.1) is 29.9 Å². The van der Waals surface area contributed by atoms with E-state index in [9.17, 15) is 9.59 Å². The minimum Gasteiger partial charge on any atom is -0.368 e. The number of carbonyl (C=O) groups is 2. The van der Waals surface area contributed by atoms with Crippen LogP contribution < -0.4 is 5.32 Å². The minimum atomic E-state index is -0.325. The Labute approximate surface area is 153 Å². The van der Waals surface area contributed by atoms with Crippen molar-refractivity contribution >= 4 is 22.7 Å². The second kappa shape index (κ2) is 7.83. The predicted molar refractivity (Wildman–Crippen MR) is 99.9 cm³/mol. The summed E-state index contributed by atoms with van der Waals surface area (Å²) in [6, 6.07) is 9.43. The van der Waals surface area contributed by atoms with Crippen molar-refractivity contribution in [3.63, 3.8) is 0 Å². The molecule has 6 heteroatoms. The number of carbonyl (C=O) groups excluding carboxylic acids is 2. The predicted octanol–water partition coefficient (Wildman–Crippen LogP) is 2.68. The van der Waals surface area contributed by atoms with Gasteiger partial charge in [-0.25, -0.2) is 4.98 Å². The van der Waals surface area contributed by atoms with Crippen LogP contribution in [0.4, 0.5) is 0 Å². The zero-order valence-corrected chi connectivity index (χ0v) is 15.5. The Hall–Kier alpha value is -2.47. The number of nitrogens with zero attached hydrogens (tertiary/aromatic N) is 2. The van der Waals surface area contributed by atoms with Crippen LogP contribution in [0.15, 0.2) is 30.3 Å². The Balaban J connectivity index is 1.98. The van der Waals surface area contributed by atoms with Gasteiger partial charge in [0.2, 0.25) is 5.91 Å². The first-order valence-electron chi connectivity index (χ1n) is 9.09. The molecule has 2 heterocycles. The number of aromatic nitrogens is 1. The van der Waals surface area contributed by atoms with Crippen molar-refractivity contribution in [1.29, 1.82) is 0 Å². The molecule has 1 atom stereocenters. The number of rotatable bonds is 4. The molecule has 6 nitrogen and oxygen atoms in total. The van der Waals surface area contributed by atoms with E-state index < -0.39 is 0 Å². The highest BCUT2D eigenvalue weighted by molar-refractivity contribution is 6.06. The monoisotopic (exact) mass is 355 g/mol. The molecular formula is C20H25N3O3. The molecular weight excluding hydrogens is 330 g/mol. The van der Waals surface area contributed by atoms with E-state index in [4.69, 9.17) is 9.72 Å². The Bertz CT molecular complexity index is 819. The van der Waals surface area contributed by atoms with Crippen molar-refractivity contribution in [2.75, 3.05) is 19.7 Å². The molecule has 0 bridgehead atoms. The number of hydrogen-bond acceptors (Lipinski definition) is 4. The summed E-state index contributed by atoms with van der Waals surface area (Å²) < 4.78 is 5.87. The van der Waals surface area contributed by atoms with Crippen LogP contribution in [0.5, 0.6) is 0 Å². The van der Waals surface area contributed by atoms with E-state index in [0.717, 1.165) is 10.9 Å². The van der Waals surface area contributed by atoms with Gasteiger partial charge in [-0.2, -0.15) is 0 Å². The smallest absolute Gasteiger partial charge is 0.252 e. The first-order valence-corrected chi connectivity index (χ1v) is 9.09. The lowest BCUT2D eigenvalue weighted by Crippen LogP contribution is -2.42. The average Bonchev–Trinajstić information content (AvgIpc) is 2.66. The summed E-state index contributed by atoms with van der Waals surface area (Å²) in [7, 11) is 0. The maximum absolute atomic E-state index is 12.7. The van der Waals surface area contributed by atoms with Crippen LogP contribution in [-0.4, -0.2) is 47.4 Å². The van der Waals surface area contributed by atoms with Crippen LogP contribution in [0.1, 0.15) is 49.3 Å². The van der Waals surface area contributed by atoms with Crippen LogP contribution in [-0.2, 0) is 9.53 Å². The quantitative estimate of drug-likeness (QED) is 0.915. The van der Waals surface area contributed by atoms with E-state index in [1.807, 2.05) is 45.0 Å². The summed E-state index contributed by atoms with van der Waals surface area (Å²) in [6.45, 7) is 7.25. The zero-order valence-electron chi connectivity index (χ0n) is 15.5. The fourth-order valence-electron chi connectivity index (χ4n) is 3.17. The van der Waals surface area contributed by atoms with Gasteiger partial charge in [-0.15, -0.1) is 0 Å². The molecule has 0 aliphatic carbocycles. The number of nitrogens with one attached hydrogen (secondary N) is 1. The highest BCUT2D eigenvalue weighted by Gasteiger charge is 2.27. The standard InChI is InChI=1S/C20H25N3O3/c1-4-19(24)23-9-10-26-18(12-23)17-11-15(20(25)21-13(2)3)14-7-5-6-8-16(14)22-17/h5-8,11,13,18H,4,9-10,12H2,1-3H3,(H,21,25). The maximum Gasteiger partial charge on any atom is 0.252 e. The molecule has 3 rings (SSSR count). The Morgan fingerprint density at radius 1 is 1.35 bits per heavy atom. The first kappa shape index (κ1) is 18.3. The van der Waals surface area contributed by atoms with Crippen LogP contribution in [0.25, 0.3) is 10.9 Å². The first-order chi connectivity index (χ1) is 12.5. The SMILES string of the molecule is CCC(=O)N1CCOC(c2cc(C(=O)NC(C)C)c3ccccc3n2)C1. The van der Waals surface area contributed by atoms with Gasteiger partial charge >= 0.3 is 0 Å². The van der Waals surface area contributed by atoms with E-state index in [1.54, 1.807) is 11.0 Å². The van der Waals surface area contributed by atoms with Crippen molar-refractivity contribution in [2.45, 2.75) is 39.3 Å². The second-order valence-electron chi connectivity index (χ2n) is 6.79. The van der Waals surface area contributed by atoms with Crippen LogP contribution in [0.2, 0.25) is 0 Å². The van der Waals surface area contributed by atoms with Crippen LogP contribution in [0, 0.1) is 0 Å². The lowest BCUT2D eigenvalue weighted by molar-refractivity contribution is -0.138. The van der Waals surface area contributed by atoms with Gasteiger partial charge in [0.15, 0.2) is 0 Å². The third-order valence-electron chi connectivity index (χ3n) is 4.45. The summed E-state index contributed by atoms with van der Waals surface area (Å²) in [6.07, 6.45) is 0.148. The molecule has 1 aromatic heterocycles. The van der Waals surface area contributed by atoms with Crippen LogP contribution in [0.3, 0.4) is 0 Å². The molecule has 26 heavy (non-hydrogen) atoms. The Morgan fingerprint density at radius 3 is 2.85 bits per heavy atom. The van der Waals surface area contributed by atoms with Crippen molar-refractivity contribution in [3.05, 3.63) is 41.6 Å². The molecule has 1 aromatic carbocycles. The number of morpholine rings is 1. The molecule has 1 aliphatic rings. The van der Waals surface area contributed by atoms with Crippen molar-refractivity contribution in [1.82, 2.24) is 15.2 Å². The molecule has 2 amide bonds. The lowest BCUT2D eigenvalue weighted by Gasteiger charge is -2.32. The lowest BCUT2D eigenvalue weighted by atomic mass is 10.0. The van der Waals surface area contributed by atoms with Crippen LogP contribution >= 0.6 is 0 Å². The topological polar surface area (TPSA) is 71.5 Å². The number of hydrogen-bond donors (Lipinski definition) is 1. The van der Waals surface area contributed by atoms with E-state index >= 15 is 0 Å². The summed E-state index contributed by atoms with van der Waals surface area (Å²) in [5.41, 5.74) is 2.02. The summed E-state index contributed by atoms with van der Waals surface area (Å²) in [5.74, 6) is -0.0194. The van der Waals surface area contributed by atoms with E-state index in [1.165, 1.54) is 0 Å². The summed E-state index contributed by atoms with van der Waals surface area (Å²) in [4.78, 5) is 31.2. The molecule has 0 radical (unpaired) electrons. The third kappa shape index (κ3) is 3.85. The number of benzene rings is 1. The number of pyridine rings is 1. The minimum absolute atomic E-state index is 0.0430. The van der Waals surface area contributed by atoms with Crippen molar-refractivity contribution < 1.29 is 14.3 Å². The Morgan fingerprint density at radius 2 is 2.12 bits per heavy atom. The maximum atomic E-state index is 12.7. The molecule has 138 valence electrons. The van der Waals surface area contributed by atoms with Crippen molar-refractivity contribution in [3.8, 4) is 0 Å². The normalized spacial score (nSPS) is 17.5. The summed E-state index contributed by atoms with van der Waals surface area (Å²) in [5, 5.41) is 3.76. The largest absolute Gasteiger partial charge is 0.368 e. The van der Waals surface area contributed by atoms with Gasteiger partial charge in [0.1, 0.15) is 6.10 Å². The van der Waals surface area contributed by atoms with E-state index in [2.05, 4.69) is 5.32 Å². The van der Waals surface area contributed by atoms with E-state index in [0.29, 0.717) is 37.4 Å². The van der Waals surface area contributed by atoms with E-state index in [-0.39, 0.29) is 24.0 Å². The molecule has 1 unspecified atom stereocenters. The average molecular weight is 355 g/mol. The number of ether oxygens (including phenoxy) is 1. The second-order valence-corrected chi connectivity index (χ2v) is 6.79. The summed E-state index contributed by atoms with van der Waals surface area (Å²) >= 11 is 0. The highest BCUT2D eigenvalue weighted by atomic mass is 16.5. The van der Waals surface area contributed by atoms with Gasteiger partial charge in [0.25, 0.3) is 5.91 Å². The molecule has 1 N–H and O–H groups in total. The van der Waals surface area contributed by atoms with Gasteiger partial charge in [-0.1, -0.05) is 25.1 Å². The fraction of sp³-hybridized carbons (Fsp3) is 0.450. The molecule has 1 fully saturated rings. The Kier molecular flexibility index (Phi) is 5.52. The number of amides is 2. The molecule has 1 aliphatic heterocycles. The third-order valence-corrected chi connectivity index (χ3v) is 4.45. The molecule has 0 saturated carbocycles. The van der Waals surface area contributed by atoms with Gasteiger partial charge < -0.3 is 15.0 Å².